The molecule has 4 amide bonds. The molecule has 0 bridgehead atoms. The number of amides is 4. The van der Waals surface area contributed by atoms with E-state index in [1.54, 1.807) is 0 Å². The lowest BCUT2D eigenvalue weighted by Crippen LogP contribution is -2.45. The summed E-state index contributed by atoms with van der Waals surface area (Å²) in [6.07, 6.45) is 1.15. The van der Waals surface area contributed by atoms with Crippen molar-refractivity contribution in [2.45, 2.75) is 38.3 Å². The Morgan fingerprint density at radius 3 is 2.56 bits per heavy atom. The van der Waals surface area contributed by atoms with Gasteiger partial charge in [-0.2, -0.15) is 0 Å². The maximum absolute atomic E-state index is 13.3. The fourth-order valence-corrected chi connectivity index (χ4v) is 4.22. The summed E-state index contributed by atoms with van der Waals surface area (Å²) in [5.74, 6) is 0.483. The van der Waals surface area contributed by atoms with Gasteiger partial charge in [-0.1, -0.05) is 49.7 Å². The van der Waals surface area contributed by atoms with Gasteiger partial charge in [-0.3, -0.25) is 14.5 Å². The van der Waals surface area contributed by atoms with Crippen LogP contribution in [0.4, 0.5) is 4.79 Å². The third-order valence-electron chi connectivity index (χ3n) is 5.81. The van der Waals surface area contributed by atoms with Gasteiger partial charge in [-0.15, -0.1) is 0 Å². The monoisotopic (exact) mass is 437 g/mol. The van der Waals surface area contributed by atoms with E-state index in [1.165, 1.54) is 0 Å². The number of ether oxygens (including phenoxy) is 2. The van der Waals surface area contributed by atoms with Gasteiger partial charge in [0.25, 0.3) is 5.91 Å². The molecule has 8 heteroatoms. The molecule has 1 fully saturated rings. The smallest absolute Gasteiger partial charge is 0.325 e. The molecule has 2 aromatic rings. The summed E-state index contributed by atoms with van der Waals surface area (Å²) in [6.45, 7) is 4.42. The van der Waals surface area contributed by atoms with Crippen molar-refractivity contribution in [3.8, 4) is 11.5 Å². The number of nitrogens with zero attached hydrogens (tertiary/aromatic N) is 1. The van der Waals surface area contributed by atoms with Gasteiger partial charge in [0.05, 0.1) is 6.04 Å². The van der Waals surface area contributed by atoms with Crippen molar-refractivity contribution in [2.24, 2.45) is 0 Å². The molecule has 2 aliphatic heterocycles. The normalized spacial score (nSPS) is 20.6. The van der Waals surface area contributed by atoms with Crippen LogP contribution in [0.3, 0.4) is 0 Å². The molecule has 0 aliphatic carbocycles. The molecule has 2 aliphatic rings. The summed E-state index contributed by atoms with van der Waals surface area (Å²) >= 11 is 0. The molecule has 4 rings (SSSR count). The number of imide groups is 1. The number of benzene rings is 2. The minimum Gasteiger partial charge on any atom is -0.486 e. The van der Waals surface area contributed by atoms with Crippen LogP contribution in [0.5, 0.6) is 11.5 Å². The molecule has 2 aromatic carbocycles. The first kappa shape index (κ1) is 21.7. The Hall–Kier alpha value is -3.55. The standard InChI is InChI=1S/C24H27N3O5/c1-3-11-24(18-7-5-4-6-8-18)22(29)27(23(30)26-24)15-21(28)25-16(2)17-9-10-19-20(14-17)32-13-12-31-19/h4-10,14,16H,3,11-13,15H2,1-2H3,(H,25,28)(H,26,30)/t16-,24+/m0/s1. The average Bonchev–Trinajstić information content (AvgIpc) is 3.04. The fraction of sp³-hybridized carbons (Fsp3) is 0.375. The Morgan fingerprint density at radius 1 is 1.12 bits per heavy atom. The summed E-state index contributed by atoms with van der Waals surface area (Å²) in [7, 11) is 0. The zero-order valence-electron chi connectivity index (χ0n) is 18.2. The Morgan fingerprint density at radius 2 is 1.84 bits per heavy atom. The second-order valence-corrected chi connectivity index (χ2v) is 8.04. The zero-order chi connectivity index (χ0) is 22.7. The molecule has 2 atom stereocenters. The van der Waals surface area contributed by atoms with Crippen LogP contribution in [-0.2, 0) is 15.1 Å². The van der Waals surface area contributed by atoms with E-state index in [4.69, 9.17) is 9.47 Å². The number of hydrogen-bond acceptors (Lipinski definition) is 5. The Kier molecular flexibility index (Phi) is 6.03. The first-order valence-corrected chi connectivity index (χ1v) is 10.8. The molecule has 32 heavy (non-hydrogen) atoms. The third kappa shape index (κ3) is 4.00. The molecule has 2 N–H and O–H groups in total. The second kappa shape index (κ2) is 8.90. The fourth-order valence-electron chi connectivity index (χ4n) is 4.22. The number of nitrogens with one attached hydrogen (secondary N) is 2. The Bertz CT molecular complexity index is 1030. The van der Waals surface area contributed by atoms with Crippen LogP contribution in [0.25, 0.3) is 0 Å². The Labute approximate surface area is 186 Å². The van der Waals surface area contributed by atoms with Gasteiger partial charge < -0.3 is 20.1 Å². The molecular formula is C24H27N3O5. The highest BCUT2D eigenvalue weighted by Crippen LogP contribution is 2.34. The largest absolute Gasteiger partial charge is 0.486 e. The molecule has 0 unspecified atom stereocenters. The number of fused-ring (bicyclic) bond motifs is 1. The van der Waals surface area contributed by atoms with E-state index in [0.717, 1.165) is 10.5 Å². The van der Waals surface area contributed by atoms with E-state index in [0.29, 0.717) is 43.1 Å². The number of urea groups is 1. The molecule has 0 radical (unpaired) electrons. The van der Waals surface area contributed by atoms with Crippen LogP contribution in [0.15, 0.2) is 48.5 Å². The SMILES string of the molecule is CCC[C@]1(c2ccccc2)NC(=O)N(CC(=O)N[C@@H](C)c2ccc3c(c2)OCCO3)C1=O. The summed E-state index contributed by atoms with van der Waals surface area (Å²) in [5, 5.41) is 5.70. The summed E-state index contributed by atoms with van der Waals surface area (Å²) < 4.78 is 11.1. The number of carbonyl (C=O) groups excluding carboxylic acids is 3. The van der Waals surface area contributed by atoms with E-state index >= 15 is 0 Å². The van der Waals surface area contributed by atoms with Crippen molar-refractivity contribution >= 4 is 17.8 Å². The lowest BCUT2D eigenvalue weighted by Gasteiger charge is -2.27. The lowest BCUT2D eigenvalue weighted by molar-refractivity contribution is -0.135. The predicted molar refractivity (Wildman–Crippen MR) is 117 cm³/mol. The van der Waals surface area contributed by atoms with E-state index in [9.17, 15) is 14.4 Å². The topological polar surface area (TPSA) is 97.0 Å². The van der Waals surface area contributed by atoms with Gasteiger partial charge in [-0.05, 0) is 36.6 Å². The summed E-state index contributed by atoms with van der Waals surface area (Å²) in [6, 6.07) is 13.7. The number of rotatable bonds is 7. The van der Waals surface area contributed by atoms with Crippen molar-refractivity contribution in [1.82, 2.24) is 15.5 Å². The van der Waals surface area contributed by atoms with Crippen LogP contribution in [-0.4, -0.2) is 42.5 Å². The molecular weight excluding hydrogens is 410 g/mol. The first-order valence-electron chi connectivity index (χ1n) is 10.8. The molecule has 8 nitrogen and oxygen atoms in total. The third-order valence-corrected chi connectivity index (χ3v) is 5.81. The van der Waals surface area contributed by atoms with Gasteiger partial charge in [0.2, 0.25) is 5.91 Å². The minimum atomic E-state index is -1.14. The quantitative estimate of drug-likeness (QED) is 0.650. The summed E-state index contributed by atoms with van der Waals surface area (Å²) in [5.41, 5.74) is 0.409. The van der Waals surface area contributed by atoms with Crippen molar-refractivity contribution in [1.29, 1.82) is 0 Å². The van der Waals surface area contributed by atoms with E-state index in [2.05, 4.69) is 10.6 Å². The van der Waals surface area contributed by atoms with Crippen LogP contribution in [0.1, 0.15) is 43.9 Å². The van der Waals surface area contributed by atoms with E-state index in [-0.39, 0.29) is 12.6 Å². The molecule has 168 valence electrons. The summed E-state index contributed by atoms with van der Waals surface area (Å²) in [4.78, 5) is 39.7. The zero-order valence-corrected chi connectivity index (χ0v) is 18.2. The van der Waals surface area contributed by atoms with Gasteiger partial charge in [-0.25, -0.2) is 4.79 Å². The van der Waals surface area contributed by atoms with Crippen molar-refractivity contribution in [2.75, 3.05) is 19.8 Å². The van der Waals surface area contributed by atoms with Gasteiger partial charge >= 0.3 is 6.03 Å². The Balaban J connectivity index is 1.46. The van der Waals surface area contributed by atoms with Gasteiger partial charge in [0.15, 0.2) is 11.5 Å². The molecule has 2 heterocycles. The van der Waals surface area contributed by atoms with E-state index < -0.39 is 23.4 Å². The first-order chi connectivity index (χ1) is 15.4. The van der Waals surface area contributed by atoms with Crippen LogP contribution < -0.4 is 20.1 Å². The van der Waals surface area contributed by atoms with Crippen LogP contribution in [0.2, 0.25) is 0 Å². The van der Waals surface area contributed by atoms with Crippen molar-refractivity contribution < 1.29 is 23.9 Å². The maximum atomic E-state index is 13.3. The highest BCUT2D eigenvalue weighted by Gasteiger charge is 2.52. The molecule has 1 saturated heterocycles. The minimum absolute atomic E-state index is 0.339. The van der Waals surface area contributed by atoms with Crippen molar-refractivity contribution in [3.63, 3.8) is 0 Å². The second-order valence-electron chi connectivity index (χ2n) is 8.04. The molecule has 0 spiro atoms. The van der Waals surface area contributed by atoms with Gasteiger partial charge in [0, 0.05) is 0 Å². The van der Waals surface area contributed by atoms with Crippen LogP contribution in [0, 0.1) is 0 Å². The number of carbonyl (C=O) groups is 3. The highest BCUT2D eigenvalue weighted by molar-refractivity contribution is 6.09. The van der Waals surface area contributed by atoms with Gasteiger partial charge in [0.1, 0.15) is 25.3 Å². The molecule has 0 saturated carbocycles. The lowest BCUT2D eigenvalue weighted by atomic mass is 9.85. The molecule has 0 aromatic heterocycles. The predicted octanol–water partition coefficient (Wildman–Crippen LogP) is 2.88. The highest BCUT2D eigenvalue weighted by atomic mass is 16.6. The van der Waals surface area contributed by atoms with Crippen molar-refractivity contribution in [3.05, 3.63) is 59.7 Å². The average molecular weight is 437 g/mol. The number of hydrogen-bond donors (Lipinski definition) is 2. The maximum Gasteiger partial charge on any atom is 0.325 e. The van der Waals surface area contributed by atoms with Crippen LogP contribution >= 0.6 is 0 Å². The van der Waals surface area contributed by atoms with E-state index in [1.807, 2.05) is 62.4 Å².